The molecule has 7 heteroatoms. The number of nitrogens with zero attached hydrogens (tertiary/aromatic N) is 3. The molecule has 0 bridgehead atoms. The Morgan fingerprint density at radius 3 is 2.48 bits per heavy atom. The number of hydrazone groups is 1. The Morgan fingerprint density at radius 1 is 1.13 bits per heavy atom. The Bertz CT molecular complexity index is 746. The molecule has 1 aromatic carbocycles. The van der Waals surface area contributed by atoms with Crippen LogP contribution in [-0.4, -0.2) is 28.6 Å². The molecule has 0 radical (unpaired) electrons. The van der Waals surface area contributed by atoms with Crippen LogP contribution in [0.5, 0.6) is 0 Å². The van der Waals surface area contributed by atoms with Gasteiger partial charge in [-0.05, 0) is 24.3 Å². The van der Waals surface area contributed by atoms with Gasteiger partial charge in [0.25, 0.3) is 5.91 Å². The third-order valence-electron chi connectivity index (χ3n) is 3.46. The van der Waals surface area contributed by atoms with Crippen molar-refractivity contribution in [1.82, 2.24) is 4.98 Å². The van der Waals surface area contributed by atoms with E-state index in [9.17, 15) is 9.59 Å². The molecule has 1 aliphatic heterocycles. The standard InChI is InChI=1S/C16H15N5O2/c17-15(22)14-10-13(16(23)19-11-6-8-18-9-7-11)20-21(14)12-4-2-1-3-5-12/h1-9,14H,10H2,(H2,17,22)(H,18,19,23)/t14-/m1/s1. The number of nitrogens with one attached hydrogen (secondary N) is 1. The molecule has 2 aromatic rings. The molecule has 0 aliphatic carbocycles. The second kappa shape index (κ2) is 6.27. The fourth-order valence-electron chi connectivity index (χ4n) is 2.33. The monoisotopic (exact) mass is 309 g/mol. The predicted molar refractivity (Wildman–Crippen MR) is 86.8 cm³/mol. The van der Waals surface area contributed by atoms with E-state index in [0.717, 1.165) is 0 Å². The van der Waals surface area contributed by atoms with Gasteiger partial charge in [0.1, 0.15) is 11.8 Å². The van der Waals surface area contributed by atoms with Crippen LogP contribution in [0.2, 0.25) is 0 Å². The van der Waals surface area contributed by atoms with Crippen molar-refractivity contribution in [1.29, 1.82) is 0 Å². The third kappa shape index (κ3) is 3.18. The highest BCUT2D eigenvalue weighted by Crippen LogP contribution is 2.24. The lowest BCUT2D eigenvalue weighted by Crippen LogP contribution is -2.39. The molecule has 3 rings (SSSR count). The van der Waals surface area contributed by atoms with Crippen LogP contribution in [0, 0.1) is 0 Å². The molecule has 116 valence electrons. The first-order chi connectivity index (χ1) is 11.1. The number of nitrogens with two attached hydrogens (primary N) is 1. The van der Waals surface area contributed by atoms with Gasteiger partial charge < -0.3 is 11.1 Å². The molecular weight excluding hydrogens is 294 g/mol. The summed E-state index contributed by atoms with van der Waals surface area (Å²) in [5.41, 5.74) is 7.03. The van der Waals surface area contributed by atoms with Crippen LogP contribution < -0.4 is 16.1 Å². The Balaban J connectivity index is 1.82. The van der Waals surface area contributed by atoms with E-state index in [4.69, 9.17) is 5.73 Å². The maximum Gasteiger partial charge on any atom is 0.271 e. The molecule has 0 spiro atoms. The second-order valence-corrected chi connectivity index (χ2v) is 5.04. The SMILES string of the molecule is NC(=O)[C@H]1CC(C(=O)Nc2ccncc2)=NN1c1ccccc1. The molecule has 3 N–H and O–H groups in total. The number of hydrogen-bond acceptors (Lipinski definition) is 5. The second-order valence-electron chi connectivity index (χ2n) is 5.04. The van der Waals surface area contributed by atoms with Gasteiger partial charge in [-0.3, -0.25) is 19.6 Å². The largest absolute Gasteiger partial charge is 0.368 e. The molecule has 0 saturated heterocycles. The number of para-hydroxylation sites is 1. The lowest BCUT2D eigenvalue weighted by atomic mass is 10.1. The number of carbonyl (C=O) groups is 2. The van der Waals surface area contributed by atoms with Crippen LogP contribution >= 0.6 is 0 Å². The minimum atomic E-state index is -0.671. The van der Waals surface area contributed by atoms with Gasteiger partial charge in [0.05, 0.1) is 5.69 Å². The zero-order valence-electron chi connectivity index (χ0n) is 12.2. The summed E-state index contributed by atoms with van der Waals surface area (Å²) in [5, 5.41) is 8.50. The average Bonchev–Trinajstić information content (AvgIpc) is 3.02. The van der Waals surface area contributed by atoms with E-state index < -0.39 is 11.9 Å². The van der Waals surface area contributed by atoms with Crippen LogP contribution in [0.3, 0.4) is 0 Å². The number of primary amides is 1. The highest BCUT2D eigenvalue weighted by Gasteiger charge is 2.34. The quantitative estimate of drug-likeness (QED) is 0.884. The van der Waals surface area contributed by atoms with E-state index >= 15 is 0 Å². The number of anilines is 2. The van der Waals surface area contributed by atoms with Crippen molar-refractivity contribution in [3.63, 3.8) is 0 Å². The van der Waals surface area contributed by atoms with Crippen molar-refractivity contribution in [2.24, 2.45) is 10.8 Å². The lowest BCUT2D eigenvalue weighted by Gasteiger charge is -2.20. The normalized spacial score (nSPS) is 16.8. The number of hydrogen-bond donors (Lipinski definition) is 2. The van der Waals surface area contributed by atoms with Crippen LogP contribution in [0.15, 0.2) is 60.0 Å². The third-order valence-corrected chi connectivity index (χ3v) is 3.46. The molecule has 0 saturated carbocycles. The van der Waals surface area contributed by atoms with E-state index in [0.29, 0.717) is 11.4 Å². The topological polar surface area (TPSA) is 101 Å². The van der Waals surface area contributed by atoms with Gasteiger partial charge >= 0.3 is 0 Å². The molecule has 7 nitrogen and oxygen atoms in total. The molecule has 2 amide bonds. The van der Waals surface area contributed by atoms with Crippen LogP contribution in [0.25, 0.3) is 0 Å². The Morgan fingerprint density at radius 2 is 1.83 bits per heavy atom. The molecule has 1 aliphatic rings. The highest BCUT2D eigenvalue weighted by atomic mass is 16.2. The molecule has 0 fully saturated rings. The summed E-state index contributed by atoms with van der Waals surface area (Å²) in [5.74, 6) is -0.884. The van der Waals surface area contributed by atoms with E-state index in [-0.39, 0.29) is 18.0 Å². The van der Waals surface area contributed by atoms with Crippen molar-refractivity contribution in [2.45, 2.75) is 12.5 Å². The summed E-state index contributed by atoms with van der Waals surface area (Å²) >= 11 is 0. The fraction of sp³-hybridized carbons (Fsp3) is 0.125. The summed E-state index contributed by atoms with van der Waals surface area (Å²) in [6.07, 6.45) is 3.32. The molecule has 2 heterocycles. The van der Waals surface area contributed by atoms with Crippen molar-refractivity contribution >= 4 is 28.9 Å². The summed E-state index contributed by atoms with van der Waals surface area (Å²) in [6.45, 7) is 0. The fourth-order valence-corrected chi connectivity index (χ4v) is 2.33. The van der Waals surface area contributed by atoms with Crippen LogP contribution in [0.1, 0.15) is 6.42 Å². The molecule has 23 heavy (non-hydrogen) atoms. The van der Waals surface area contributed by atoms with E-state index in [1.165, 1.54) is 5.01 Å². The zero-order valence-corrected chi connectivity index (χ0v) is 12.2. The number of amides is 2. The summed E-state index contributed by atoms with van der Waals surface area (Å²) in [6, 6.07) is 11.8. The van der Waals surface area contributed by atoms with Crippen molar-refractivity contribution in [3.8, 4) is 0 Å². The van der Waals surface area contributed by atoms with Gasteiger partial charge in [-0.15, -0.1) is 0 Å². The Hall–Kier alpha value is -3.22. The first kappa shape index (κ1) is 14.7. The van der Waals surface area contributed by atoms with Gasteiger partial charge in [0, 0.05) is 24.5 Å². The average molecular weight is 309 g/mol. The first-order valence-electron chi connectivity index (χ1n) is 7.07. The van der Waals surface area contributed by atoms with Gasteiger partial charge in [-0.2, -0.15) is 5.10 Å². The number of rotatable bonds is 4. The minimum absolute atomic E-state index is 0.168. The lowest BCUT2D eigenvalue weighted by molar-refractivity contribution is -0.119. The van der Waals surface area contributed by atoms with E-state index in [2.05, 4.69) is 15.4 Å². The maximum absolute atomic E-state index is 12.3. The maximum atomic E-state index is 12.3. The van der Waals surface area contributed by atoms with Crippen LogP contribution in [-0.2, 0) is 9.59 Å². The number of aromatic nitrogens is 1. The molecule has 0 unspecified atom stereocenters. The van der Waals surface area contributed by atoms with Gasteiger partial charge in [-0.1, -0.05) is 18.2 Å². The van der Waals surface area contributed by atoms with Gasteiger partial charge in [0.2, 0.25) is 5.91 Å². The number of pyridine rings is 1. The molecular formula is C16H15N5O2. The molecule has 1 aromatic heterocycles. The van der Waals surface area contributed by atoms with E-state index in [1.807, 2.05) is 30.3 Å². The van der Waals surface area contributed by atoms with Gasteiger partial charge in [-0.25, -0.2) is 0 Å². The van der Waals surface area contributed by atoms with Gasteiger partial charge in [0.15, 0.2) is 0 Å². The summed E-state index contributed by atoms with van der Waals surface area (Å²) in [7, 11) is 0. The smallest absolute Gasteiger partial charge is 0.271 e. The summed E-state index contributed by atoms with van der Waals surface area (Å²) in [4.78, 5) is 27.9. The number of carbonyl (C=O) groups excluding carboxylic acids is 2. The van der Waals surface area contributed by atoms with E-state index in [1.54, 1.807) is 24.5 Å². The van der Waals surface area contributed by atoms with Crippen molar-refractivity contribution in [2.75, 3.05) is 10.3 Å². The zero-order chi connectivity index (χ0) is 16.2. The predicted octanol–water partition coefficient (Wildman–Crippen LogP) is 1.14. The molecule has 1 atom stereocenters. The Kier molecular flexibility index (Phi) is 4.01. The van der Waals surface area contributed by atoms with Crippen molar-refractivity contribution in [3.05, 3.63) is 54.9 Å². The Labute approximate surface area is 132 Å². The highest BCUT2D eigenvalue weighted by molar-refractivity contribution is 6.44. The minimum Gasteiger partial charge on any atom is -0.368 e. The van der Waals surface area contributed by atoms with Crippen molar-refractivity contribution < 1.29 is 9.59 Å². The van der Waals surface area contributed by atoms with Crippen LogP contribution in [0.4, 0.5) is 11.4 Å². The number of benzene rings is 1. The first-order valence-corrected chi connectivity index (χ1v) is 7.07. The summed E-state index contributed by atoms with van der Waals surface area (Å²) < 4.78 is 0.